The number of hydrogen-bond donors (Lipinski definition) is 1. The molecule has 2 heterocycles. The molecule has 1 N–H and O–H groups in total. The maximum absolute atomic E-state index is 12.2. The topological polar surface area (TPSA) is 45.5 Å². The number of likely N-dealkylation sites (tertiary alicyclic amines) is 1. The molecule has 1 aromatic rings. The Balaban J connectivity index is 1.45. The highest BCUT2D eigenvalue weighted by Gasteiger charge is 2.26. The van der Waals surface area contributed by atoms with E-state index in [0.29, 0.717) is 13.0 Å². The lowest BCUT2D eigenvalue weighted by atomic mass is 9.86. The van der Waals surface area contributed by atoms with Crippen molar-refractivity contribution in [1.29, 1.82) is 0 Å². The molecule has 128 valence electrons. The largest absolute Gasteiger partial charge is 0.468 e. The summed E-state index contributed by atoms with van der Waals surface area (Å²) >= 11 is 0. The van der Waals surface area contributed by atoms with Gasteiger partial charge in [0.15, 0.2) is 0 Å². The normalized spacial score (nSPS) is 21.4. The number of nitrogens with one attached hydrogen (secondary N) is 1. The summed E-state index contributed by atoms with van der Waals surface area (Å²) in [6.45, 7) is 2.86. The first-order chi connectivity index (χ1) is 11.3. The van der Waals surface area contributed by atoms with Crippen LogP contribution >= 0.6 is 0 Å². The fourth-order valence-electron chi connectivity index (χ4n) is 4.05. The van der Waals surface area contributed by atoms with Gasteiger partial charge in [0.1, 0.15) is 5.76 Å². The van der Waals surface area contributed by atoms with Gasteiger partial charge in [-0.05, 0) is 50.4 Å². The van der Waals surface area contributed by atoms with Crippen LogP contribution in [-0.4, -0.2) is 30.4 Å². The molecule has 1 saturated heterocycles. The van der Waals surface area contributed by atoms with Gasteiger partial charge >= 0.3 is 0 Å². The van der Waals surface area contributed by atoms with Crippen molar-refractivity contribution in [3.63, 3.8) is 0 Å². The third-order valence-corrected chi connectivity index (χ3v) is 5.45. The van der Waals surface area contributed by atoms with Gasteiger partial charge in [-0.2, -0.15) is 0 Å². The Hall–Kier alpha value is -1.29. The number of nitrogens with zero attached hydrogens (tertiary/aromatic N) is 1. The minimum atomic E-state index is 0.186. The van der Waals surface area contributed by atoms with Crippen LogP contribution < -0.4 is 5.32 Å². The molecule has 0 bridgehead atoms. The molecule has 0 radical (unpaired) electrons. The molecule has 0 aromatic carbocycles. The first-order valence-electron chi connectivity index (χ1n) is 9.37. The first-order valence-corrected chi connectivity index (χ1v) is 9.37. The van der Waals surface area contributed by atoms with E-state index in [4.69, 9.17) is 4.42 Å². The predicted octanol–water partition coefficient (Wildman–Crippen LogP) is 3.89. The Bertz CT molecular complexity index is 460. The fraction of sp³-hybridized carbons (Fsp3) is 0.737. The average molecular weight is 318 g/mol. The minimum absolute atomic E-state index is 0.186. The quantitative estimate of drug-likeness (QED) is 0.829. The number of furan rings is 1. The Labute approximate surface area is 139 Å². The Kier molecular flexibility index (Phi) is 6.14. The maximum atomic E-state index is 12.2. The molecule has 23 heavy (non-hydrogen) atoms. The number of amides is 1. The van der Waals surface area contributed by atoms with Crippen molar-refractivity contribution in [2.75, 3.05) is 19.6 Å². The van der Waals surface area contributed by atoms with Gasteiger partial charge in [-0.15, -0.1) is 0 Å². The summed E-state index contributed by atoms with van der Waals surface area (Å²) in [5, 5.41) is 3.15. The van der Waals surface area contributed by atoms with Crippen LogP contribution in [0.2, 0.25) is 0 Å². The molecule has 0 spiro atoms. The van der Waals surface area contributed by atoms with E-state index in [1.807, 2.05) is 12.1 Å². The van der Waals surface area contributed by atoms with Gasteiger partial charge in [-0.3, -0.25) is 9.69 Å². The summed E-state index contributed by atoms with van der Waals surface area (Å²) in [6, 6.07) is 4.15. The number of carbonyl (C=O) groups is 1. The van der Waals surface area contributed by atoms with Crippen molar-refractivity contribution < 1.29 is 9.21 Å². The van der Waals surface area contributed by atoms with Crippen LogP contribution in [0, 0.1) is 5.92 Å². The molecule has 1 atom stereocenters. The zero-order valence-electron chi connectivity index (χ0n) is 14.1. The van der Waals surface area contributed by atoms with Crippen molar-refractivity contribution in [1.82, 2.24) is 10.2 Å². The molecular formula is C19H30N2O2. The molecule has 4 heteroatoms. The second-order valence-corrected chi connectivity index (χ2v) is 7.12. The summed E-state index contributed by atoms with van der Waals surface area (Å²) < 4.78 is 5.60. The number of carbonyl (C=O) groups excluding carboxylic acids is 1. The van der Waals surface area contributed by atoms with E-state index in [9.17, 15) is 4.79 Å². The van der Waals surface area contributed by atoms with Crippen LogP contribution in [0.3, 0.4) is 0 Å². The van der Waals surface area contributed by atoms with Crippen molar-refractivity contribution in [2.24, 2.45) is 5.92 Å². The van der Waals surface area contributed by atoms with Crippen LogP contribution in [0.5, 0.6) is 0 Å². The number of hydrogen-bond acceptors (Lipinski definition) is 3. The summed E-state index contributed by atoms with van der Waals surface area (Å²) in [5.74, 6) is 1.94. The standard InChI is InChI=1S/C19H30N2O2/c22-19(11-10-16-7-2-1-3-8-16)20-15-17(18-9-6-14-23-18)21-12-4-5-13-21/h6,9,14,16-17H,1-5,7-8,10-13,15H2,(H,20,22). The van der Waals surface area contributed by atoms with Crippen molar-refractivity contribution >= 4 is 5.91 Å². The molecule has 2 fully saturated rings. The molecule has 1 aromatic heterocycles. The van der Waals surface area contributed by atoms with Crippen molar-refractivity contribution in [3.05, 3.63) is 24.2 Å². The smallest absolute Gasteiger partial charge is 0.220 e. The zero-order valence-corrected chi connectivity index (χ0v) is 14.1. The monoisotopic (exact) mass is 318 g/mol. The molecule has 1 saturated carbocycles. The lowest BCUT2D eigenvalue weighted by molar-refractivity contribution is -0.121. The average Bonchev–Trinajstić information content (AvgIpc) is 3.28. The highest BCUT2D eigenvalue weighted by atomic mass is 16.3. The van der Waals surface area contributed by atoms with Crippen molar-refractivity contribution in [2.45, 2.75) is 63.8 Å². The van der Waals surface area contributed by atoms with Gasteiger partial charge in [0.25, 0.3) is 0 Å². The Morgan fingerprint density at radius 3 is 2.70 bits per heavy atom. The van der Waals surface area contributed by atoms with E-state index in [1.54, 1.807) is 6.26 Å². The van der Waals surface area contributed by atoms with Gasteiger partial charge in [-0.1, -0.05) is 32.1 Å². The molecule has 1 unspecified atom stereocenters. The van der Waals surface area contributed by atoms with E-state index >= 15 is 0 Å². The van der Waals surface area contributed by atoms with E-state index < -0.39 is 0 Å². The molecule has 1 amide bonds. The second-order valence-electron chi connectivity index (χ2n) is 7.12. The minimum Gasteiger partial charge on any atom is -0.468 e. The summed E-state index contributed by atoms with van der Waals surface area (Å²) in [4.78, 5) is 14.6. The molecule has 4 nitrogen and oxygen atoms in total. The van der Waals surface area contributed by atoms with E-state index in [2.05, 4.69) is 10.2 Å². The van der Waals surface area contributed by atoms with E-state index in [1.165, 1.54) is 44.9 Å². The van der Waals surface area contributed by atoms with E-state index in [-0.39, 0.29) is 11.9 Å². The first kappa shape index (κ1) is 16.6. The SMILES string of the molecule is O=C(CCC1CCCCC1)NCC(c1ccco1)N1CCCC1. The van der Waals surface area contributed by atoms with Crippen LogP contribution in [0.1, 0.15) is 69.6 Å². The third kappa shape index (κ3) is 4.84. The molecular weight excluding hydrogens is 288 g/mol. The fourth-order valence-corrected chi connectivity index (χ4v) is 4.05. The Morgan fingerprint density at radius 1 is 1.22 bits per heavy atom. The summed E-state index contributed by atoms with van der Waals surface area (Å²) in [7, 11) is 0. The predicted molar refractivity (Wildman–Crippen MR) is 91.1 cm³/mol. The molecule has 3 rings (SSSR count). The lowest BCUT2D eigenvalue weighted by Crippen LogP contribution is -2.36. The van der Waals surface area contributed by atoms with Gasteiger partial charge in [-0.25, -0.2) is 0 Å². The molecule has 1 aliphatic heterocycles. The lowest BCUT2D eigenvalue weighted by Gasteiger charge is -2.26. The van der Waals surface area contributed by atoms with E-state index in [0.717, 1.165) is 31.2 Å². The van der Waals surface area contributed by atoms with Gasteiger partial charge in [0.05, 0.1) is 12.3 Å². The van der Waals surface area contributed by atoms with Gasteiger partial charge in [0.2, 0.25) is 5.91 Å². The summed E-state index contributed by atoms with van der Waals surface area (Å²) in [5.41, 5.74) is 0. The number of rotatable bonds is 7. The van der Waals surface area contributed by atoms with Crippen LogP contribution in [0.25, 0.3) is 0 Å². The second kappa shape index (κ2) is 8.53. The Morgan fingerprint density at radius 2 is 2.00 bits per heavy atom. The highest BCUT2D eigenvalue weighted by Crippen LogP contribution is 2.27. The van der Waals surface area contributed by atoms with Crippen LogP contribution in [0.15, 0.2) is 22.8 Å². The molecule has 1 aliphatic carbocycles. The summed E-state index contributed by atoms with van der Waals surface area (Å²) in [6.07, 6.45) is 12.7. The maximum Gasteiger partial charge on any atom is 0.220 e. The highest BCUT2D eigenvalue weighted by molar-refractivity contribution is 5.75. The van der Waals surface area contributed by atoms with Gasteiger partial charge in [0, 0.05) is 13.0 Å². The van der Waals surface area contributed by atoms with Crippen LogP contribution in [0.4, 0.5) is 0 Å². The third-order valence-electron chi connectivity index (χ3n) is 5.45. The zero-order chi connectivity index (χ0) is 15.9. The molecule has 2 aliphatic rings. The van der Waals surface area contributed by atoms with Crippen LogP contribution in [-0.2, 0) is 4.79 Å². The van der Waals surface area contributed by atoms with Crippen molar-refractivity contribution in [3.8, 4) is 0 Å². The van der Waals surface area contributed by atoms with Gasteiger partial charge < -0.3 is 9.73 Å².